The van der Waals surface area contributed by atoms with Gasteiger partial charge in [0, 0.05) is 12.1 Å². The molecule has 1 aromatic rings. The first-order valence-electron chi connectivity index (χ1n) is 4.29. The molecule has 0 aliphatic heterocycles. The summed E-state index contributed by atoms with van der Waals surface area (Å²) >= 11 is 0. The van der Waals surface area contributed by atoms with E-state index in [1.807, 2.05) is 11.6 Å². The zero-order chi connectivity index (χ0) is 14.7. The Morgan fingerprint density at radius 2 is 1.44 bits per heavy atom. The van der Waals surface area contributed by atoms with E-state index in [2.05, 4.69) is 4.74 Å². The molecule has 18 heavy (non-hydrogen) atoms. The van der Waals surface area contributed by atoms with Gasteiger partial charge in [-0.05, 0) is 0 Å². The number of esters is 1. The number of aromatic nitrogens is 1. The number of nitrogens with zero attached hydrogens (tertiary/aromatic N) is 1. The normalized spacial score (nSPS) is 14.7. The Morgan fingerprint density at radius 3 is 1.72 bits per heavy atom. The molecule has 106 valence electrons. The summed E-state index contributed by atoms with van der Waals surface area (Å²) in [4.78, 5) is 10.9. The molecule has 0 aliphatic carbocycles. The predicted molar refractivity (Wildman–Crippen MR) is 52.5 cm³/mol. The van der Waals surface area contributed by atoms with Crippen molar-refractivity contribution in [3.63, 3.8) is 0 Å². The number of ether oxygens (including phenoxy) is 1. The summed E-state index contributed by atoms with van der Waals surface area (Å²) < 4.78 is 65.6. The number of methoxy groups -OCH3 is 1. The van der Waals surface area contributed by atoms with Gasteiger partial charge >= 0.3 is 39.0 Å². The number of carbonyl (C=O) groups excluding carboxylic acids is 1. The summed E-state index contributed by atoms with van der Waals surface area (Å²) in [5.41, 5.74) is 0.575. The van der Waals surface area contributed by atoms with Crippen molar-refractivity contribution < 1.29 is 39.3 Å². The third-order valence-corrected chi connectivity index (χ3v) is 1.40. The zero-order valence-electron chi connectivity index (χ0n) is 9.29. The van der Waals surface area contributed by atoms with Gasteiger partial charge in [0.25, 0.3) is 0 Å². The van der Waals surface area contributed by atoms with E-state index >= 15 is 0 Å². The van der Waals surface area contributed by atoms with Crippen LogP contribution in [0.1, 0.15) is 10.4 Å². The first-order valence-corrected chi connectivity index (χ1v) is 6.32. The third kappa shape index (κ3) is 12.7. The first kappa shape index (κ1) is 16.6. The van der Waals surface area contributed by atoms with Crippen molar-refractivity contribution in [3.05, 3.63) is 30.1 Å². The average Bonchev–Trinajstić information content (AvgIpc) is 2.13. The van der Waals surface area contributed by atoms with Gasteiger partial charge in [0.15, 0.2) is 12.4 Å². The second kappa shape index (κ2) is 4.38. The SMILES string of the molecule is COC(=O)c1cc[n+](C)cc1.F[P-](F)(F)(F)(F)F. The molecular weight excluding hydrogens is 287 g/mol. The topological polar surface area (TPSA) is 30.2 Å². The van der Waals surface area contributed by atoms with E-state index in [1.54, 1.807) is 24.5 Å². The standard InChI is InChI=1S/C8H10NO2.F6P/c1-9-5-3-7(4-6-9)8(10)11-2;1-7(2,3,4,5)6/h3-6H,1-2H3;/q+1;-1. The molecule has 0 amide bonds. The van der Waals surface area contributed by atoms with Gasteiger partial charge in [0.2, 0.25) is 0 Å². The Balaban J connectivity index is 0.000000360. The predicted octanol–water partition coefficient (Wildman–Crippen LogP) is 3.68. The molecule has 10 heteroatoms. The Bertz CT molecular complexity index is 415. The molecule has 0 saturated carbocycles. The Labute approximate surface area is 98.2 Å². The van der Waals surface area contributed by atoms with Gasteiger partial charge in [-0.2, -0.15) is 0 Å². The first-order chi connectivity index (χ1) is 7.69. The van der Waals surface area contributed by atoms with Crippen molar-refractivity contribution in [3.8, 4) is 0 Å². The number of halogens is 6. The monoisotopic (exact) mass is 297 g/mol. The van der Waals surface area contributed by atoms with Crippen LogP contribution in [-0.2, 0) is 11.8 Å². The van der Waals surface area contributed by atoms with Crippen LogP contribution >= 0.6 is 7.81 Å². The van der Waals surface area contributed by atoms with Crippen LogP contribution in [0.5, 0.6) is 0 Å². The minimum absolute atomic E-state index is 0.300. The van der Waals surface area contributed by atoms with Crippen molar-refractivity contribution in [2.75, 3.05) is 7.11 Å². The molecule has 0 saturated heterocycles. The van der Waals surface area contributed by atoms with Crippen LogP contribution in [0, 0.1) is 0 Å². The van der Waals surface area contributed by atoms with Gasteiger partial charge in [-0.25, -0.2) is 9.36 Å². The number of hydrogen-bond donors (Lipinski definition) is 0. The van der Waals surface area contributed by atoms with E-state index in [1.165, 1.54) is 7.11 Å². The van der Waals surface area contributed by atoms with Crippen LogP contribution < -0.4 is 4.57 Å². The summed E-state index contributed by atoms with van der Waals surface area (Å²) in [7, 11) is -7.40. The average molecular weight is 297 g/mol. The van der Waals surface area contributed by atoms with E-state index < -0.39 is 7.81 Å². The quantitative estimate of drug-likeness (QED) is 0.342. The molecule has 0 aliphatic rings. The van der Waals surface area contributed by atoms with Crippen molar-refractivity contribution in [1.82, 2.24) is 0 Å². The second-order valence-electron chi connectivity index (χ2n) is 3.20. The molecule has 0 N–H and O–H groups in total. The van der Waals surface area contributed by atoms with Crippen molar-refractivity contribution in [1.29, 1.82) is 0 Å². The molecule has 0 aromatic carbocycles. The van der Waals surface area contributed by atoms with E-state index in [9.17, 15) is 30.0 Å². The summed E-state index contributed by atoms with van der Waals surface area (Å²) in [5, 5.41) is 0. The molecule has 1 heterocycles. The maximum absolute atomic E-state index is 10.9. The number of hydrogen-bond acceptors (Lipinski definition) is 2. The number of aryl methyl sites for hydroxylation is 1. The summed E-state index contributed by atoms with van der Waals surface area (Å²) in [6.45, 7) is 0. The van der Waals surface area contributed by atoms with E-state index in [-0.39, 0.29) is 5.97 Å². The molecular formula is C8H10F6NO2P. The summed E-state index contributed by atoms with van der Waals surface area (Å²) in [5.74, 6) is -0.300. The minimum atomic E-state index is -10.7. The van der Waals surface area contributed by atoms with Gasteiger partial charge in [-0.3, -0.25) is 0 Å². The van der Waals surface area contributed by atoms with Gasteiger partial charge in [-0.1, -0.05) is 0 Å². The van der Waals surface area contributed by atoms with Crippen molar-refractivity contribution in [2.24, 2.45) is 7.05 Å². The summed E-state index contributed by atoms with van der Waals surface area (Å²) in [6, 6.07) is 3.43. The molecule has 1 rings (SSSR count). The van der Waals surface area contributed by atoms with Gasteiger partial charge in [0.05, 0.1) is 12.7 Å². The second-order valence-corrected chi connectivity index (χ2v) is 5.12. The fraction of sp³-hybridized carbons (Fsp3) is 0.250. The molecule has 0 bridgehead atoms. The Morgan fingerprint density at radius 1 is 1.11 bits per heavy atom. The zero-order valence-corrected chi connectivity index (χ0v) is 10.2. The van der Waals surface area contributed by atoms with Gasteiger partial charge in [-0.15, -0.1) is 0 Å². The number of rotatable bonds is 1. The van der Waals surface area contributed by atoms with Crippen LogP contribution in [0.3, 0.4) is 0 Å². The molecule has 0 radical (unpaired) electrons. The molecule has 0 fully saturated rings. The van der Waals surface area contributed by atoms with Crippen molar-refractivity contribution in [2.45, 2.75) is 0 Å². The number of pyridine rings is 1. The molecule has 0 spiro atoms. The van der Waals surface area contributed by atoms with E-state index in [0.29, 0.717) is 5.56 Å². The summed E-state index contributed by atoms with van der Waals surface area (Å²) in [6.07, 6.45) is 3.60. The van der Waals surface area contributed by atoms with Crippen LogP contribution in [0.4, 0.5) is 25.2 Å². The molecule has 0 atom stereocenters. The van der Waals surface area contributed by atoms with E-state index in [4.69, 9.17) is 0 Å². The fourth-order valence-corrected chi connectivity index (χ4v) is 0.755. The van der Waals surface area contributed by atoms with Crippen LogP contribution in [0.15, 0.2) is 24.5 Å². The Hall–Kier alpha value is -1.37. The van der Waals surface area contributed by atoms with Gasteiger partial charge in [0.1, 0.15) is 7.05 Å². The van der Waals surface area contributed by atoms with E-state index in [0.717, 1.165) is 0 Å². The van der Waals surface area contributed by atoms with Gasteiger partial charge < -0.3 is 4.74 Å². The van der Waals surface area contributed by atoms with Crippen LogP contribution in [0.2, 0.25) is 0 Å². The van der Waals surface area contributed by atoms with Crippen LogP contribution in [-0.4, -0.2) is 13.1 Å². The molecule has 0 unspecified atom stereocenters. The number of carbonyl (C=O) groups is 1. The third-order valence-electron chi connectivity index (χ3n) is 1.40. The molecule has 3 nitrogen and oxygen atoms in total. The van der Waals surface area contributed by atoms with Crippen LogP contribution in [0.25, 0.3) is 0 Å². The maximum atomic E-state index is 10.9. The molecule has 1 aromatic heterocycles. The van der Waals surface area contributed by atoms with Crippen molar-refractivity contribution >= 4 is 13.8 Å². The fourth-order valence-electron chi connectivity index (χ4n) is 0.755. The Kier molecular flexibility index (Phi) is 4.05.